The molecule has 0 aliphatic rings. The second-order valence-electron chi connectivity index (χ2n) is 5.07. The number of nitrogens with one attached hydrogen (secondary N) is 1. The number of hydrogen-bond donors (Lipinski definition) is 2. The number of carbonyl (C=O) groups excluding carboxylic acids is 1. The van der Waals surface area contributed by atoms with Crippen LogP contribution in [0.3, 0.4) is 0 Å². The zero-order valence-corrected chi connectivity index (χ0v) is 11.9. The van der Waals surface area contributed by atoms with E-state index in [1.807, 2.05) is 29.2 Å². The topological polar surface area (TPSA) is 77.9 Å². The molecule has 0 unspecified atom stereocenters. The Morgan fingerprint density at radius 2 is 2.30 bits per heavy atom. The molecule has 1 amide bonds. The standard InChI is InChI=1S/C14H21N5O/c1-11(2)19-9-12(15)8-13(19)14(20)17-4-3-6-18-7-5-16-10-18/h5,7-11H,3-4,6,15H2,1-2H3,(H,17,20). The second-order valence-corrected chi connectivity index (χ2v) is 5.07. The number of aryl methyl sites for hydroxylation is 1. The van der Waals surface area contributed by atoms with Gasteiger partial charge in [0.25, 0.3) is 5.91 Å². The quantitative estimate of drug-likeness (QED) is 0.787. The maximum absolute atomic E-state index is 12.1. The molecule has 0 radical (unpaired) electrons. The average Bonchev–Trinajstić information content (AvgIpc) is 3.03. The average molecular weight is 275 g/mol. The van der Waals surface area contributed by atoms with Gasteiger partial charge in [0.05, 0.1) is 12.0 Å². The molecule has 3 N–H and O–H groups in total. The number of amides is 1. The largest absolute Gasteiger partial charge is 0.397 e. The van der Waals surface area contributed by atoms with E-state index < -0.39 is 0 Å². The van der Waals surface area contributed by atoms with E-state index in [2.05, 4.69) is 10.3 Å². The first-order valence-electron chi connectivity index (χ1n) is 6.79. The normalized spacial score (nSPS) is 10.9. The van der Waals surface area contributed by atoms with E-state index in [4.69, 9.17) is 5.73 Å². The zero-order chi connectivity index (χ0) is 14.5. The van der Waals surface area contributed by atoms with Crippen LogP contribution in [0.15, 0.2) is 31.0 Å². The smallest absolute Gasteiger partial charge is 0.267 e. The van der Waals surface area contributed by atoms with E-state index in [0.29, 0.717) is 17.9 Å². The van der Waals surface area contributed by atoms with Crippen molar-refractivity contribution in [1.29, 1.82) is 0 Å². The number of nitrogens with zero attached hydrogens (tertiary/aromatic N) is 3. The molecule has 20 heavy (non-hydrogen) atoms. The summed E-state index contributed by atoms with van der Waals surface area (Å²) in [6.07, 6.45) is 8.08. The van der Waals surface area contributed by atoms with Gasteiger partial charge in [-0.25, -0.2) is 4.98 Å². The highest BCUT2D eigenvalue weighted by atomic mass is 16.1. The molecule has 2 rings (SSSR count). The minimum Gasteiger partial charge on any atom is -0.397 e. The van der Waals surface area contributed by atoms with E-state index in [9.17, 15) is 4.79 Å². The predicted molar refractivity (Wildman–Crippen MR) is 78.4 cm³/mol. The molecule has 0 aliphatic carbocycles. The minimum absolute atomic E-state index is 0.0824. The molecule has 6 nitrogen and oxygen atoms in total. The first-order valence-corrected chi connectivity index (χ1v) is 6.79. The molecule has 0 saturated heterocycles. The van der Waals surface area contributed by atoms with Crippen molar-refractivity contribution >= 4 is 11.6 Å². The number of aromatic nitrogens is 3. The molecule has 0 aromatic carbocycles. The van der Waals surface area contributed by atoms with Crippen molar-refractivity contribution in [3.8, 4) is 0 Å². The second kappa shape index (κ2) is 6.27. The zero-order valence-electron chi connectivity index (χ0n) is 11.9. The van der Waals surface area contributed by atoms with Crippen molar-refractivity contribution in [2.24, 2.45) is 0 Å². The van der Waals surface area contributed by atoms with E-state index in [-0.39, 0.29) is 11.9 Å². The van der Waals surface area contributed by atoms with Crippen LogP contribution in [0.25, 0.3) is 0 Å². The van der Waals surface area contributed by atoms with E-state index >= 15 is 0 Å². The van der Waals surface area contributed by atoms with Gasteiger partial charge >= 0.3 is 0 Å². The Morgan fingerprint density at radius 1 is 1.50 bits per heavy atom. The Labute approximate surface area is 118 Å². The summed E-state index contributed by atoms with van der Waals surface area (Å²) in [5, 5.41) is 2.92. The van der Waals surface area contributed by atoms with Gasteiger partial charge in [0.2, 0.25) is 0 Å². The van der Waals surface area contributed by atoms with Crippen LogP contribution in [0.2, 0.25) is 0 Å². The summed E-state index contributed by atoms with van der Waals surface area (Å²) in [7, 11) is 0. The fraction of sp³-hybridized carbons (Fsp3) is 0.429. The lowest BCUT2D eigenvalue weighted by Gasteiger charge is -2.12. The van der Waals surface area contributed by atoms with Crippen molar-refractivity contribution in [2.45, 2.75) is 32.9 Å². The maximum atomic E-state index is 12.1. The molecule has 2 aromatic heterocycles. The number of hydrogen-bond acceptors (Lipinski definition) is 3. The van der Waals surface area contributed by atoms with Gasteiger partial charge in [-0.15, -0.1) is 0 Å². The summed E-state index contributed by atoms with van der Waals surface area (Å²) < 4.78 is 3.88. The summed E-state index contributed by atoms with van der Waals surface area (Å²) in [4.78, 5) is 16.1. The molecule has 6 heteroatoms. The van der Waals surface area contributed by atoms with Gasteiger partial charge in [0, 0.05) is 37.7 Å². The first kappa shape index (κ1) is 14.2. The van der Waals surface area contributed by atoms with Gasteiger partial charge in [0.15, 0.2) is 0 Å². The highest BCUT2D eigenvalue weighted by molar-refractivity contribution is 5.93. The molecule has 0 bridgehead atoms. The van der Waals surface area contributed by atoms with Crippen molar-refractivity contribution in [2.75, 3.05) is 12.3 Å². The van der Waals surface area contributed by atoms with Crippen LogP contribution in [0.5, 0.6) is 0 Å². The van der Waals surface area contributed by atoms with Gasteiger partial charge in [-0.1, -0.05) is 0 Å². The Kier molecular flexibility index (Phi) is 4.45. The minimum atomic E-state index is -0.0824. The summed E-state index contributed by atoms with van der Waals surface area (Å²) in [6.45, 7) is 5.51. The number of rotatable bonds is 6. The molecular weight excluding hydrogens is 254 g/mol. The summed E-state index contributed by atoms with van der Waals surface area (Å²) in [5.41, 5.74) is 6.99. The van der Waals surface area contributed by atoms with Crippen LogP contribution >= 0.6 is 0 Å². The molecule has 2 aromatic rings. The number of imidazole rings is 1. The lowest BCUT2D eigenvalue weighted by molar-refractivity contribution is 0.0942. The fourth-order valence-electron chi connectivity index (χ4n) is 2.08. The lowest BCUT2D eigenvalue weighted by Crippen LogP contribution is -2.27. The van der Waals surface area contributed by atoms with E-state index in [0.717, 1.165) is 13.0 Å². The molecule has 0 atom stereocenters. The lowest BCUT2D eigenvalue weighted by atomic mass is 10.3. The van der Waals surface area contributed by atoms with Crippen molar-refractivity contribution in [3.63, 3.8) is 0 Å². The van der Waals surface area contributed by atoms with Crippen molar-refractivity contribution in [1.82, 2.24) is 19.4 Å². The van der Waals surface area contributed by atoms with Crippen LogP contribution in [-0.2, 0) is 6.54 Å². The van der Waals surface area contributed by atoms with Crippen LogP contribution in [0.4, 0.5) is 5.69 Å². The van der Waals surface area contributed by atoms with Gasteiger partial charge in [-0.2, -0.15) is 0 Å². The Hall–Kier alpha value is -2.24. The maximum Gasteiger partial charge on any atom is 0.267 e. The molecule has 0 aliphatic heterocycles. The van der Waals surface area contributed by atoms with Gasteiger partial charge in [-0.05, 0) is 26.3 Å². The molecule has 0 fully saturated rings. The predicted octanol–water partition coefficient (Wildman–Crippen LogP) is 1.67. The molecule has 0 spiro atoms. The monoisotopic (exact) mass is 275 g/mol. The molecule has 0 saturated carbocycles. The highest BCUT2D eigenvalue weighted by Crippen LogP contribution is 2.16. The van der Waals surface area contributed by atoms with Crippen molar-refractivity contribution in [3.05, 3.63) is 36.7 Å². The highest BCUT2D eigenvalue weighted by Gasteiger charge is 2.14. The van der Waals surface area contributed by atoms with Crippen LogP contribution in [0, 0.1) is 0 Å². The summed E-state index contributed by atoms with van der Waals surface area (Å²) >= 11 is 0. The number of anilines is 1. The molecule has 108 valence electrons. The number of carbonyl (C=O) groups is 1. The third kappa shape index (κ3) is 3.40. The van der Waals surface area contributed by atoms with Crippen LogP contribution in [-0.4, -0.2) is 26.6 Å². The Bertz CT molecular complexity index is 556. The van der Waals surface area contributed by atoms with E-state index in [1.165, 1.54) is 0 Å². The molecular formula is C14H21N5O. The molecule has 2 heterocycles. The van der Waals surface area contributed by atoms with Gasteiger partial charge < -0.3 is 20.2 Å². The number of nitrogens with two attached hydrogens (primary N) is 1. The van der Waals surface area contributed by atoms with Gasteiger partial charge in [0.1, 0.15) is 5.69 Å². The Balaban J connectivity index is 1.85. The van der Waals surface area contributed by atoms with Crippen LogP contribution < -0.4 is 11.1 Å². The third-order valence-electron chi connectivity index (χ3n) is 3.10. The van der Waals surface area contributed by atoms with Gasteiger partial charge in [-0.3, -0.25) is 4.79 Å². The van der Waals surface area contributed by atoms with Crippen molar-refractivity contribution < 1.29 is 4.79 Å². The SMILES string of the molecule is CC(C)n1cc(N)cc1C(=O)NCCCn1ccnc1. The summed E-state index contributed by atoms with van der Waals surface area (Å²) in [6, 6.07) is 1.92. The summed E-state index contributed by atoms with van der Waals surface area (Å²) in [5.74, 6) is -0.0824. The Morgan fingerprint density at radius 3 is 2.95 bits per heavy atom. The first-order chi connectivity index (χ1) is 9.58. The van der Waals surface area contributed by atoms with E-state index in [1.54, 1.807) is 24.8 Å². The van der Waals surface area contributed by atoms with Crippen LogP contribution in [0.1, 0.15) is 36.8 Å². The fourth-order valence-corrected chi connectivity index (χ4v) is 2.08. The third-order valence-corrected chi connectivity index (χ3v) is 3.10. The number of nitrogen functional groups attached to an aromatic ring is 1.